The highest BCUT2D eigenvalue weighted by molar-refractivity contribution is 5.58. The fourth-order valence-corrected chi connectivity index (χ4v) is 2.84. The first kappa shape index (κ1) is 17.6. The van der Waals surface area contributed by atoms with Gasteiger partial charge in [-0.2, -0.15) is 10.1 Å². The fraction of sp³-hybridized carbons (Fsp3) is 0.0909. The highest BCUT2D eigenvalue weighted by atomic mass is 15.3. The van der Waals surface area contributed by atoms with Crippen molar-refractivity contribution in [3.63, 3.8) is 0 Å². The highest BCUT2D eigenvalue weighted by Gasteiger charge is 2.14. The third-order valence-corrected chi connectivity index (χ3v) is 4.26. The van der Waals surface area contributed by atoms with Crippen LogP contribution < -0.4 is 10.2 Å². The molecule has 0 radical (unpaired) electrons. The molecule has 0 amide bonds. The molecular formula is C22H20N6. The second kappa shape index (κ2) is 8.73. The Balaban J connectivity index is 1.59. The fourth-order valence-electron chi connectivity index (χ4n) is 2.84. The molecule has 0 unspecified atom stereocenters. The Hall–Kier alpha value is -3.80. The van der Waals surface area contributed by atoms with Crippen LogP contribution >= 0.6 is 0 Å². The summed E-state index contributed by atoms with van der Waals surface area (Å²) in [4.78, 5) is 10.8. The van der Waals surface area contributed by atoms with Gasteiger partial charge < -0.3 is 10.2 Å². The lowest BCUT2D eigenvalue weighted by Crippen LogP contribution is -2.20. The zero-order valence-corrected chi connectivity index (χ0v) is 15.3. The Morgan fingerprint density at radius 1 is 0.786 bits per heavy atom. The third kappa shape index (κ3) is 4.48. The Morgan fingerprint density at radius 2 is 1.50 bits per heavy atom. The van der Waals surface area contributed by atoms with Gasteiger partial charge in [0.1, 0.15) is 0 Å². The van der Waals surface area contributed by atoms with Crippen molar-refractivity contribution < 1.29 is 0 Å². The van der Waals surface area contributed by atoms with E-state index in [1.165, 1.54) is 5.56 Å². The predicted molar refractivity (Wildman–Crippen MR) is 110 cm³/mol. The summed E-state index contributed by atoms with van der Waals surface area (Å²) in [6, 6.07) is 24.3. The molecule has 4 rings (SSSR count). The molecule has 0 saturated heterocycles. The zero-order chi connectivity index (χ0) is 19.0. The van der Waals surface area contributed by atoms with Gasteiger partial charge in [-0.05, 0) is 35.4 Å². The van der Waals surface area contributed by atoms with E-state index in [-0.39, 0.29) is 0 Å². The monoisotopic (exact) mass is 368 g/mol. The number of hydrogen-bond donors (Lipinski definition) is 1. The second-order valence-corrected chi connectivity index (χ2v) is 6.26. The van der Waals surface area contributed by atoms with Crippen molar-refractivity contribution in [3.05, 3.63) is 103 Å². The summed E-state index contributed by atoms with van der Waals surface area (Å²) < 4.78 is 0. The van der Waals surface area contributed by atoms with Crippen molar-refractivity contribution in [1.29, 1.82) is 0 Å². The van der Waals surface area contributed by atoms with Gasteiger partial charge in [0.05, 0.1) is 12.7 Å². The van der Waals surface area contributed by atoms with Gasteiger partial charge in [-0.3, -0.25) is 4.98 Å². The lowest BCUT2D eigenvalue weighted by Gasteiger charge is -2.22. The molecule has 0 aliphatic rings. The maximum absolute atomic E-state index is 4.69. The van der Waals surface area contributed by atoms with Gasteiger partial charge in [0.25, 0.3) is 5.95 Å². The quantitative estimate of drug-likeness (QED) is 0.527. The van der Waals surface area contributed by atoms with Crippen LogP contribution in [0, 0.1) is 0 Å². The van der Waals surface area contributed by atoms with Crippen molar-refractivity contribution in [1.82, 2.24) is 20.2 Å². The minimum Gasteiger partial charge on any atom is -0.365 e. The van der Waals surface area contributed by atoms with Crippen LogP contribution in [0.1, 0.15) is 11.1 Å². The standard InChI is InChI=1S/C22H20N6/c1-3-7-19(8-4-1)17-28(20-9-5-2-6-10-20)22-26-21(16-25-27-22)24-15-18-11-13-23-14-12-18/h1-14,16H,15,17H2,(H,24,26,27). The molecule has 6 heteroatoms. The molecule has 2 aromatic carbocycles. The van der Waals surface area contributed by atoms with Crippen molar-refractivity contribution in [2.75, 3.05) is 10.2 Å². The van der Waals surface area contributed by atoms with E-state index in [9.17, 15) is 0 Å². The topological polar surface area (TPSA) is 66.8 Å². The van der Waals surface area contributed by atoms with Gasteiger partial charge in [0, 0.05) is 24.6 Å². The molecule has 0 fully saturated rings. The zero-order valence-electron chi connectivity index (χ0n) is 15.3. The average Bonchev–Trinajstić information content (AvgIpc) is 2.78. The molecule has 2 heterocycles. The minimum absolute atomic E-state index is 0.551. The number of anilines is 3. The normalized spacial score (nSPS) is 10.4. The van der Waals surface area contributed by atoms with Crippen LogP contribution in [0.25, 0.3) is 0 Å². The smallest absolute Gasteiger partial charge is 0.252 e. The Morgan fingerprint density at radius 3 is 2.25 bits per heavy atom. The van der Waals surface area contributed by atoms with E-state index >= 15 is 0 Å². The summed E-state index contributed by atoms with van der Waals surface area (Å²) in [5.41, 5.74) is 3.31. The van der Waals surface area contributed by atoms with Crippen LogP contribution in [-0.2, 0) is 13.1 Å². The number of aromatic nitrogens is 4. The van der Waals surface area contributed by atoms with Crippen LogP contribution in [0.5, 0.6) is 0 Å². The third-order valence-electron chi connectivity index (χ3n) is 4.26. The van der Waals surface area contributed by atoms with E-state index < -0.39 is 0 Å². The van der Waals surface area contributed by atoms with Gasteiger partial charge in [-0.1, -0.05) is 48.5 Å². The van der Waals surface area contributed by atoms with Crippen LogP contribution in [0.2, 0.25) is 0 Å². The van der Waals surface area contributed by atoms with E-state index in [1.54, 1.807) is 18.6 Å². The number of rotatable bonds is 7. The molecule has 0 saturated carbocycles. The van der Waals surface area contributed by atoms with Gasteiger partial charge in [0.2, 0.25) is 0 Å². The minimum atomic E-state index is 0.551. The van der Waals surface area contributed by atoms with Crippen LogP contribution in [0.15, 0.2) is 91.4 Å². The Bertz CT molecular complexity index is 993. The molecule has 138 valence electrons. The first-order chi connectivity index (χ1) is 13.9. The summed E-state index contributed by atoms with van der Waals surface area (Å²) in [5.74, 6) is 1.23. The summed E-state index contributed by atoms with van der Waals surface area (Å²) in [6.07, 6.45) is 5.19. The lowest BCUT2D eigenvalue weighted by molar-refractivity contribution is 0.860. The van der Waals surface area contributed by atoms with E-state index in [2.05, 4.69) is 42.5 Å². The molecule has 2 aromatic heterocycles. The first-order valence-electron chi connectivity index (χ1n) is 9.07. The predicted octanol–water partition coefficient (Wildman–Crippen LogP) is 4.22. The maximum atomic E-state index is 4.69. The summed E-state index contributed by atoms with van der Waals surface area (Å²) in [7, 11) is 0. The highest BCUT2D eigenvalue weighted by Crippen LogP contribution is 2.24. The molecule has 0 spiro atoms. The molecular weight excluding hydrogens is 348 g/mol. The number of para-hydroxylation sites is 1. The molecule has 0 bridgehead atoms. The second-order valence-electron chi connectivity index (χ2n) is 6.26. The Kier molecular flexibility index (Phi) is 5.49. The average molecular weight is 368 g/mol. The number of pyridine rings is 1. The van der Waals surface area contributed by atoms with Crippen molar-refractivity contribution in [2.24, 2.45) is 0 Å². The first-order valence-corrected chi connectivity index (χ1v) is 9.07. The number of nitrogens with one attached hydrogen (secondary N) is 1. The molecule has 0 aliphatic heterocycles. The van der Waals surface area contributed by atoms with Crippen LogP contribution in [0.3, 0.4) is 0 Å². The van der Waals surface area contributed by atoms with Gasteiger partial charge in [-0.25, -0.2) is 0 Å². The van der Waals surface area contributed by atoms with Gasteiger partial charge >= 0.3 is 0 Å². The number of benzene rings is 2. The largest absolute Gasteiger partial charge is 0.365 e. The SMILES string of the molecule is c1ccc(CN(c2ccccc2)c2nncc(NCc3ccncc3)n2)cc1. The van der Waals surface area contributed by atoms with Crippen molar-refractivity contribution >= 4 is 17.5 Å². The molecule has 0 aliphatic carbocycles. The maximum Gasteiger partial charge on any atom is 0.252 e. The lowest BCUT2D eigenvalue weighted by atomic mass is 10.2. The Labute approximate surface area is 163 Å². The summed E-state index contributed by atoms with van der Waals surface area (Å²) in [5, 5.41) is 11.7. The van der Waals surface area contributed by atoms with E-state index in [0.29, 0.717) is 24.9 Å². The molecule has 28 heavy (non-hydrogen) atoms. The van der Waals surface area contributed by atoms with Crippen molar-refractivity contribution in [3.8, 4) is 0 Å². The van der Waals surface area contributed by atoms with E-state index in [0.717, 1.165) is 11.3 Å². The van der Waals surface area contributed by atoms with Gasteiger partial charge in [-0.15, -0.1) is 5.10 Å². The molecule has 4 aromatic rings. The number of hydrogen-bond acceptors (Lipinski definition) is 6. The summed E-state index contributed by atoms with van der Waals surface area (Å²) >= 11 is 0. The molecule has 6 nitrogen and oxygen atoms in total. The van der Waals surface area contributed by atoms with Crippen LogP contribution in [-0.4, -0.2) is 20.2 Å². The summed E-state index contributed by atoms with van der Waals surface area (Å²) in [6.45, 7) is 1.30. The van der Waals surface area contributed by atoms with Crippen LogP contribution in [0.4, 0.5) is 17.5 Å². The van der Waals surface area contributed by atoms with E-state index in [1.807, 2.05) is 60.7 Å². The number of nitrogens with zero attached hydrogens (tertiary/aromatic N) is 5. The van der Waals surface area contributed by atoms with Gasteiger partial charge in [0.15, 0.2) is 5.82 Å². The molecule has 0 atom stereocenters. The molecule has 1 N–H and O–H groups in total. The van der Waals surface area contributed by atoms with E-state index in [4.69, 9.17) is 0 Å². The van der Waals surface area contributed by atoms with Crippen molar-refractivity contribution in [2.45, 2.75) is 13.1 Å².